The number of aromatic nitrogens is 1. The Balaban J connectivity index is 2.55. The van der Waals surface area contributed by atoms with Crippen LogP contribution < -0.4 is 27.0 Å². The van der Waals surface area contributed by atoms with Crippen molar-refractivity contribution in [2.45, 2.75) is 58.5 Å². The monoisotopic (exact) mass is 575 g/mol. The summed E-state index contributed by atoms with van der Waals surface area (Å²) in [7, 11) is 1.92. The Kier molecular flexibility index (Phi) is 14.5. The van der Waals surface area contributed by atoms with Crippen LogP contribution in [0.4, 0.5) is 5.82 Å². The molecular weight excluding hydrogens is 530 g/mol. The predicted octanol–water partition coefficient (Wildman–Crippen LogP) is 6.77. The summed E-state index contributed by atoms with van der Waals surface area (Å²) in [6.45, 7) is 18.5. The first kappa shape index (κ1) is 33.4. The van der Waals surface area contributed by atoms with E-state index >= 15 is 0 Å². The van der Waals surface area contributed by atoms with Crippen molar-refractivity contribution in [1.29, 1.82) is 0 Å². The van der Waals surface area contributed by atoms with Crippen LogP contribution in [0.2, 0.25) is 0 Å². The van der Waals surface area contributed by atoms with Gasteiger partial charge in [0.05, 0.1) is 11.7 Å². The van der Waals surface area contributed by atoms with Gasteiger partial charge in [0.2, 0.25) is 0 Å². The molecule has 0 fully saturated rings. The van der Waals surface area contributed by atoms with Crippen molar-refractivity contribution in [2.75, 3.05) is 18.9 Å². The number of benzene rings is 1. The number of anilines is 1. The highest BCUT2D eigenvalue weighted by Crippen LogP contribution is 2.34. The number of aliphatic imine (C=N–C) groups is 1. The van der Waals surface area contributed by atoms with Gasteiger partial charge in [0.25, 0.3) is 0 Å². The quantitative estimate of drug-likeness (QED) is 0.0582. The van der Waals surface area contributed by atoms with Crippen molar-refractivity contribution in [3.05, 3.63) is 113 Å². The number of halogens is 1. The summed E-state index contributed by atoms with van der Waals surface area (Å²) in [6.07, 6.45) is 10.7. The van der Waals surface area contributed by atoms with Crippen molar-refractivity contribution in [2.24, 2.45) is 10.7 Å². The second-order valence-electron chi connectivity index (χ2n) is 9.58. The number of pyridine rings is 1. The number of rotatable bonds is 18. The lowest BCUT2D eigenvalue weighted by Gasteiger charge is -2.30. The van der Waals surface area contributed by atoms with Crippen molar-refractivity contribution in [3.8, 4) is 0 Å². The van der Waals surface area contributed by atoms with Crippen LogP contribution in [0.5, 0.6) is 0 Å². The number of allylic oxidation sites excluding steroid dienone is 2. The highest BCUT2D eigenvalue weighted by atomic mass is 35.5. The number of nitrogens with zero attached hydrogens (tertiary/aromatic N) is 2. The number of hydrogen-bond donors (Lipinski definition) is 5. The molecule has 0 amide bonds. The van der Waals surface area contributed by atoms with Crippen LogP contribution in [-0.4, -0.2) is 30.8 Å². The average Bonchev–Trinajstić information content (AvgIpc) is 2.97. The molecule has 2 rings (SSSR count). The molecule has 2 unspecified atom stereocenters. The second-order valence-corrected chi connectivity index (χ2v) is 10.1. The maximum absolute atomic E-state index is 6.79. The van der Waals surface area contributed by atoms with E-state index in [1.54, 1.807) is 18.6 Å². The van der Waals surface area contributed by atoms with Gasteiger partial charge in [-0.25, -0.2) is 9.98 Å². The topological polar surface area (TPSA) is 99.4 Å². The third-order valence-electron chi connectivity index (χ3n) is 6.68. The first-order valence-corrected chi connectivity index (χ1v) is 14.4. The molecule has 0 radical (unpaired) electrons. The summed E-state index contributed by atoms with van der Waals surface area (Å²) in [4.78, 5) is 8.85. The average molecular weight is 576 g/mol. The van der Waals surface area contributed by atoms with Gasteiger partial charge < -0.3 is 27.0 Å². The molecule has 0 saturated carbocycles. The number of nitrogens with two attached hydrogens (primary N) is 1. The molecule has 0 bridgehead atoms. The van der Waals surface area contributed by atoms with Gasteiger partial charge in [0, 0.05) is 41.3 Å². The molecule has 41 heavy (non-hydrogen) atoms. The molecule has 1 aromatic heterocycles. The maximum Gasteiger partial charge on any atom is 0.130 e. The van der Waals surface area contributed by atoms with Gasteiger partial charge >= 0.3 is 0 Å². The van der Waals surface area contributed by atoms with Gasteiger partial charge in [0.15, 0.2) is 0 Å². The fourth-order valence-electron chi connectivity index (χ4n) is 4.66. The maximum atomic E-state index is 6.79. The Bertz CT molecular complexity index is 1240. The Hall–Kier alpha value is -3.81. The highest BCUT2D eigenvalue weighted by Gasteiger charge is 2.27. The molecule has 7 nitrogen and oxygen atoms in total. The third-order valence-corrected chi connectivity index (χ3v) is 6.87. The summed E-state index contributed by atoms with van der Waals surface area (Å²) in [5.74, 6) is 1.14. The molecule has 0 saturated heterocycles. The standard InChI is InChI=1S/C33H46ClN7/c1-8-12-13-16-27(22-37-10-3)41-31(23(5)34)30(33(35)38-11-4)32(36-7)28-19-18-26(21-25(28)9-2)24(6)40-29-17-14-15-20-39-29/h8,10-11,14-15,17-21,27,32,36-37,41H,1,3,6,9,12-13,16,22,35H2,2,4-5,7H3,(H,39,40)/b31-23-,33-30+,38-11?. The zero-order valence-corrected chi connectivity index (χ0v) is 25.7. The Morgan fingerprint density at radius 3 is 2.59 bits per heavy atom. The smallest absolute Gasteiger partial charge is 0.130 e. The van der Waals surface area contributed by atoms with E-state index in [1.165, 1.54) is 0 Å². The van der Waals surface area contributed by atoms with Gasteiger partial charge in [0.1, 0.15) is 11.6 Å². The number of aryl methyl sites for hydroxylation is 1. The molecule has 2 atom stereocenters. The van der Waals surface area contributed by atoms with Crippen molar-refractivity contribution in [3.63, 3.8) is 0 Å². The van der Waals surface area contributed by atoms with Crippen LogP contribution in [0, 0.1) is 0 Å². The van der Waals surface area contributed by atoms with Crippen LogP contribution >= 0.6 is 11.6 Å². The van der Waals surface area contributed by atoms with Gasteiger partial charge in [-0.3, -0.25) is 0 Å². The molecule has 1 heterocycles. The zero-order valence-electron chi connectivity index (χ0n) is 24.9. The molecule has 6 N–H and O–H groups in total. The van der Waals surface area contributed by atoms with Crippen molar-refractivity contribution >= 4 is 29.3 Å². The Morgan fingerprint density at radius 2 is 2.00 bits per heavy atom. The molecule has 8 heteroatoms. The molecule has 0 spiro atoms. The van der Waals surface area contributed by atoms with Crippen LogP contribution in [-0.2, 0) is 6.42 Å². The van der Waals surface area contributed by atoms with E-state index in [9.17, 15) is 0 Å². The molecular formula is C33H46ClN7. The van der Waals surface area contributed by atoms with Gasteiger partial charge in [-0.05, 0) is 87.7 Å². The molecule has 1 aromatic carbocycles. The lowest BCUT2D eigenvalue weighted by atomic mass is 9.89. The lowest BCUT2D eigenvalue weighted by molar-refractivity contribution is 0.491. The molecule has 0 aliphatic rings. The van der Waals surface area contributed by atoms with E-state index in [2.05, 4.69) is 76.1 Å². The van der Waals surface area contributed by atoms with E-state index in [-0.39, 0.29) is 12.1 Å². The predicted molar refractivity (Wildman–Crippen MR) is 178 cm³/mol. The number of likely N-dealkylation sites (N-methyl/N-ethyl adjacent to an activating group) is 1. The molecule has 2 aromatic rings. The Labute approximate surface area is 251 Å². The van der Waals surface area contributed by atoms with Gasteiger partial charge in [-0.2, -0.15) is 0 Å². The minimum Gasteiger partial charge on any atom is -0.389 e. The lowest BCUT2D eigenvalue weighted by Crippen LogP contribution is -2.39. The van der Waals surface area contributed by atoms with Crippen LogP contribution in [0.3, 0.4) is 0 Å². The summed E-state index contributed by atoms with van der Waals surface area (Å²) >= 11 is 6.79. The minimum atomic E-state index is -0.280. The van der Waals surface area contributed by atoms with E-state index in [0.29, 0.717) is 17.4 Å². The van der Waals surface area contributed by atoms with Crippen molar-refractivity contribution < 1.29 is 0 Å². The van der Waals surface area contributed by atoms with E-state index < -0.39 is 0 Å². The summed E-state index contributed by atoms with van der Waals surface area (Å²) in [5.41, 5.74) is 12.2. The third kappa shape index (κ3) is 9.95. The minimum absolute atomic E-state index is 0.0802. The van der Waals surface area contributed by atoms with E-state index in [0.717, 1.165) is 65.2 Å². The van der Waals surface area contributed by atoms with Crippen LogP contribution in [0.25, 0.3) is 5.70 Å². The molecule has 0 aliphatic heterocycles. The number of unbranched alkanes of at least 4 members (excludes halogenated alkanes) is 1. The largest absolute Gasteiger partial charge is 0.389 e. The fraction of sp³-hybridized carbons (Fsp3) is 0.333. The summed E-state index contributed by atoms with van der Waals surface area (Å²) < 4.78 is 0. The fourth-order valence-corrected chi connectivity index (χ4v) is 4.81. The van der Waals surface area contributed by atoms with E-state index in [1.807, 2.05) is 45.2 Å². The SMILES string of the molecule is C=CCCCC(CNC=C)NC(=C(/C)Cl)/C(=C(/N)N=CC)C(NC)c1ccc(C(=C)Nc2ccccn2)cc1CC. The van der Waals surface area contributed by atoms with Crippen LogP contribution in [0.1, 0.15) is 62.8 Å². The van der Waals surface area contributed by atoms with Crippen molar-refractivity contribution in [1.82, 2.24) is 20.9 Å². The summed E-state index contributed by atoms with van der Waals surface area (Å²) in [6, 6.07) is 11.9. The zero-order chi connectivity index (χ0) is 30.2. The Morgan fingerprint density at radius 1 is 1.22 bits per heavy atom. The number of hydrogen-bond acceptors (Lipinski definition) is 7. The second kappa shape index (κ2) is 17.8. The molecule has 0 aliphatic carbocycles. The number of nitrogens with one attached hydrogen (secondary N) is 4. The van der Waals surface area contributed by atoms with Gasteiger partial charge in [-0.1, -0.05) is 56.0 Å². The van der Waals surface area contributed by atoms with E-state index in [4.69, 9.17) is 17.3 Å². The first-order valence-electron chi connectivity index (χ1n) is 14.0. The summed E-state index contributed by atoms with van der Waals surface area (Å²) in [5, 5.41) is 14.3. The van der Waals surface area contributed by atoms with Crippen LogP contribution in [0.15, 0.2) is 102 Å². The first-order chi connectivity index (χ1) is 19.8. The molecule has 220 valence electrons. The normalized spacial score (nSPS) is 14.0. The highest BCUT2D eigenvalue weighted by molar-refractivity contribution is 6.29. The van der Waals surface area contributed by atoms with Gasteiger partial charge in [-0.15, -0.1) is 6.58 Å².